The topological polar surface area (TPSA) is 80.1 Å². The fraction of sp³-hybridized carbons (Fsp3) is 0.152. The molecule has 0 unspecified atom stereocenters. The van der Waals surface area contributed by atoms with E-state index < -0.39 is 0 Å². The number of benzene rings is 3. The number of aryl methyl sites for hydroxylation is 1. The Morgan fingerprint density at radius 1 is 1.00 bits per heavy atom. The van der Waals surface area contributed by atoms with Crippen LogP contribution in [-0.2, 0) is 16.1 Å². The van der Waals surface area contributed by atoms with Gasteiger partial charge >= 0.3 is 0 Å². The highest BCUT2D eigenvalue weighted by atomic mass is 35.5. The largest absolute Gasteiger partial charge is 0.349 e. The van der Waals surface area contributed by atoms with E-state index in [4.69, 9.17) is 16.7 Å². The summed E-state index contributed by atoms with van der Waals surface area (Å²) >= 11 is 7.96. The molecule has 1 aliphatic heterocycles. The standard InChI is InChI=1S/C33H28ClN5O2S/c1-22-13-15-27(16-14-22)39-33-30(31(37-39)23-8-3-2-4-9-23)32(24-10-7-11-25(34)18-24)42-21-29(41)38(33)20-28(40)36-19-26-12-5-6-17-35-26/h2-18,32H,19-21H2,1H3,(H,36,40)/t32-/m0/s1. The molecule has 0 saturated heterocycles. The second-order valence-electron chi connectivity index (χ2n) is 10.0. The fourth-order valence-corrected chi connectivity index (χ4v) is 6.41. The van der Waals surface area contributed by atoms with E-state index in [1.54, 1.807) is 15.8 Å². The maximum Gasteiger partial charge on any atom is 0.240 e. The van der Waals surface area contributed by atoms with Gasteiger partial charge in [-0.3, -0.25) is 19.5 Å². The van der Waals surface area contributed by atoms with Crippen molar-refractivity contribution in [1.82, 2.24) is 20.1 Å². The molecule has 0 fully saturated rings. The molecule has 3 heterocycles. The molecule has 6 rings (SSSR count). The Kier molecular flexibility index (Phi) is 8.08. The number of rotatable bonds is 7. The molecule has 0 spiro atoms. The van der Waals surface area contributed by atoms with Gasteiger partial charge in [0.15, 0.2) is 0 Å². The van der Waals surface area contributed by atoms with Crippen LogP contribution >= 0.6 is 23.4 Å². The number of fused-ring (bicyclic) bond motifs is 1. The van der Waals surface area contributed by atoms with Crippen LogP contribution < -0.4 is 10.2 Å². The molecule has 42 heavy (non-hydrogen) atoms. The van der Waals surface area contributed by atoms with Crippen molar-refractivity contribution in [2.45, 2.75) is 18.7 Å². The number of thioether (sulfide) groups is 1. The summed E-state index contributed by atoms with van der Waals surface area (Å²) in [6, 6.07) is 31.2. The molecule has 7 nitrogen and oxygen atoms in total. The van der Waals surface area contributed by atoms with Crippen molar-refractivity contribution in [2.75, 3.05) is 17.2 Å². The Morgan fingerprint density at radius 2 is 1.79 bits per heavy atom. The minimum absolute atomic E-state index is 0.159. The van der Waals surface area contributed by atoms with E-state index >= 15 is 0 Å². The van der Waals surface area contributed by atoms with Crippen LogP contribution in [0.15, 0.2) is 103 Å². The van der Waals surface area contributed by atoms with E-state index in [2.05, 4.69) is 10.3 Å². The first kappa shape index (κ1) is 27.8. The van der Waals surface area contributed by atoms with Crippen LogP contribution in [0.2, 0.25) is 5.02 Å². The van der Waals surface area contributed by atoms with Crippen LogP contribution in [0.3, 0.4) is 0 Å². The molecule has 2 amide bonds. The quantitative estimate of drug-likeness (QED) is 0.237. The summed E-state index contributed by atoms with van der Waals surface area (Å²) in [5.41, 5.74) is 6.12. The van der Waals surface area contributed by atoms with E-state index in [1.165, 1.54) is 11.8 Å². The number of amides is 2. The van der Waals surface area contributed by atoms with Crippen LogP contribution in [0.5, 0.6) is 0 Å². The number of anilines is 1. The highest BCUT2D eigenvalue weighted by Gasteiger charge is 2.37. The van der Waals surface area contributed by atoms with Crippen molar-refractivity contribution in [3.63, 3.8) is 0 Å². The number of hydrogen-bond acceptors (Lipinski definition) is 5. The minimum Gasteiger partial charge on any atom is -0.349 e. The molecule has 0 bridgehead atoms. The molecule has 0 radical (unpaired) electrons. The maximum absolute atomic E-state index is 13.9. The van der Waals surface area contributed by atoms with Gasteiger partial charge in [-0.25, -0.2) is 4.68 Å². The number of hydrogen-bond donors (Lipinski definition) is 1. The van der Waals surface area contributed by atoms with Gasteiger partial charge in [0.2, 0.25) is 11.8 Å². The first-order valence-corrected chi connectivity index (χ1v) is 15.0. The lowest BCUT2D eigenvalue weighted by Gasteiger charge is -2.23. The molecule has 3 aromatic carbocycles. The highest BCUT2D eigenvalue weighted by Crippen LogP contribution is 2.48. The number of carbonyl (C=O) groups excluding carboxylic acids is 2. The zero-order chi connectivity index (χ0) is 29.1. The SMILES string of the molecule is Cc1ccc(-n2nc(-c3ccccc3)c3c2N(CC(=O)NCc2ccccn2)C(=O)CS[C@H]3c2cccc(Cl)c2)cc1. The molecule has 5 aromatic rings. The first-order valence-electron chi connectivity index (χ1n) is 13.6. The lowest BCUT2D eigenvalue weighted by atomic mass is 9.99. The summed E-state index contributed by atoms with van der Waals surface area (Å²) < 4.78 is 1.80. The van der Waals surface area contributed by atoms with Crippen molar-refractivity contribution < 1.29 is 9.59 Å². The molecule has 9 heteroatoms. The summed E-state index contributed by atoms with van der Waals surface area (Å²) in [6.45, 7) is 2.13. The molecule has 1 atom stereocenters. The lowest BCUT2D eigenvalue weighted by molar-refractivity contribution is -0.123. The van der Waals surface area contributed by atoms with Crippen LogP contribution in [-0.4, -0.2) is 38.9 Å². The van der Waals surface area contributed by atoms with E-state index in [1.807, 2.05) is 104 Å². The van der Waals surface area contributed by atoms with Gasteiger partial charge in [-0.1, -0.05) is 77.8 Å². The summed E-state index contributed by atoms with van der Waals surface area (Å²) in [6.07, 6.45) is 1.69. The Hall–Kier alpha value is -4.40. The van der Waals surface area contributed by atoms with Gasteiger partial charge < -0.3 is 5.32 Å². The van der Waals surface area contributed by atoms with Gasteiger partial charge in [-0.2, -0.15) is 5.10 Å². The van der Waals surface area contributed by atoms with Crippen molar-refractivity contribution in [3.05, 3.63) is 131 Å². The molecule has 2 aromatic heterocycles. The minimum atomic E-state index is -0.288. The zero-order valence-electron chi connectivity index (χ0n) is 22.9. The van der Waals surface area contributed by atoms with Gasteiger partial charge in [0.25, 0.3) is 0 Å². The number of halogens is 1. The number of nitrogens with one attached hydrogen (secondary N) is 1. The summed E-state index contributed by atoms with van der Waals surface area (Å²) in [7, 11) is 0. The molecule has 0 saturated carbocycles. The average molecular weight is 594 g/mol. The first-order chi connectivity index (χ1) is 20.5. The maximum atomic E-state index is 13.9. The molecule has 1 aliphatic rings. The van der Waals surface area contributed by atoms with E-state index in [0.717, 1.165) is 39.3 Å². The van der Waals surface area contributed by atoms with Crippen LogP contribution in [0.1, 0.15) is 27.6 Å². The molecular weight excluding hydrogens is 566 g/mol. The Morgan fingerprint density at radius 3 is 2.52 bits per heavy atom. The second kappa shape index (κ2) is 12.2. The number of carbonyl (C=O) groups is 2. The Balaban J connectivity index is 1.52. The lowest BCUT2D eigenvalue weighted by Crippen LogP contribution is -2.42. The van der Waals surface area contributed by atoms with Crippen molar-refractivity contribution in [2.24, 2.45) is 0 Å². The summed E-state index contributed by atoms with van der Waals surface area (Å²) in [5.74, 6) is 0.294. The molecular formula is C33H28ClN5O2S. The van der Waals surface area contributed by atoms with Crippen molar-refractivity contribution in [1.29, 1.82) is 0 Å². The van der Waals surface area contributed by atoms with Gasteiger partial charge in [-0.05, 0) is 48.9 Å². The predicted molar refractivity (Wildman–Crippen MR) is 168 cm³/mol. The monoisotopic (exact) mass is 593 g/mol. The van der Waals surface area contributed by atoms with Crippen molar-refractivity contribution >= 4 is 41.0 Å². The third-order valence-corrected chi connectivity index (χ3v) is 8.55. The van der Waals surface area contributed by atoms with Crippen LogP contribution in [0.25, 0.3) is 16.9 Å². The Bertz CT molecular complexity index is 1730. The normalized spacial score (nSPS) is 14.8. The summed E-state index contributed by atoms with van der Waals surface area (Å²) in [4.78, 5) is 33.0. The number of aromatic nitrogens is 3. The van der Waals surface area contributed by atoms with Crippen LogP contribution in [0.4, 0.5) is 5.82 Å². The molecule has 210 valence electrons. The fourth-order valence-electron chi connectivity index (χ4n) is 5.02. The predicted octanol–water partition coefficient (Wildman–Crippen LogP) is 6.38. The van der Waals surface area contributed by atoms with E-state index in [-0.39, 0.29) is 35.9 Å². The van der Waals surface area contributed by atoms with Gasteiger partial charge in [-0.15, -0.1) is 11.8 Å². The summed E-state index contributed by atoms with van der Waals surface area (Å²) in [5, 5.41) is 8.41. The highest BCUT2D eigenvalue weighted by molar-refractivity contribution is 8.00. The third kappa shape index (κ3) is 5.82. The van der Waals surface area contributed by atoms with Crippen molar-refractivity contribution in [3.8, 4) is 16.9 Å². The van der Waals surface area contributed by atoms with E-state index in [0.29, 0.717) is 10.8 Å². The smallest absolute Gasteiger partial charge is 0.240 e. The second-order valence-corrected chi connectivity index (χ2v) is 11.6. The molecule has 0 aliphatic carbocycles. The van der Waals surface area contributed by atoms with Gasteiger partial charge in [0.05, 0.1) is 34.6 Å². The zero-order valence-corrected chi connectivity index (χ0v) is 24.5. The van der Waals surface area contributed by atoms with Crippen LogP contribution in [0, 0.1) is 6.92 Å². The molecule has 1 N–H and O–H groups in total. The Labute approximate surface area is 253 Å². The number of nitrogens with zero attached hydrogens (tertiary/aromatic N) is 4. The van der Waals surface area contributed by atoms with Gasteiger partial charge in [0.1, 0.15) is 12.4 Å². The third-order valence-electron chi connectivity index (χ3n) is 7.06. The van der Waals surface area contributed by atoms with E-state index in [9.17, 15) is 9.59 Å². The van der Waals surface area contributed by atoms with Gasteiger partial charge in [0, 0.05) is 22.3 Å². The average Bonchev–Trinajstić information content (AvgIpc) is 3.33. The number of pyridine rings is 1.